The third-order valence-corrected chi connectivity index (χ3v) is 5.28. The molecule has 1 aromatic rings. The first-order valence-electron chi connectivity index (χ1n) is 8.02. The molecule has 1 aromatic carbocycles. The van der Waals surface area contributed by atoms with Crippen molar-refractivity contribution >= 4 is 23.3 Å². The lowest BCUT2D eigenvalue weighted by molar-refractivity contribution is 0.459. The second kappa shape index (κ2) is 7.74. The molecule has 3 nitrogen and oxygen atoms in total. The average molecular weight is 305 g/mol. The Morgan fingerprint density at radius 2 is 2.14 bits per heavy atom. The van der Waals surface area contributed by atoms with Crippen LogP contribution >= 0.6 is 11.8 Å². The molecule has 0 aromatic heterocycles. The van der Waals surface area contributed by atoms with Crippen LogP contribution in [0, 0.1) is 11.3 Å². The average Bonchev–Trinajstić information content (AvgIpc) is 2.72. The van der Waals surface area contributed by atoms with Crippen molar-refractivity contribution in [3.63, 3.8) is 0 Å². The summed E-state index contributed by atoms with van der Waals surface area (Å²) in [6, 6.07) is 6.31. The Morgan fingerprint density at radius 1 is 1.33 bits per heavy atom. The molecular weight excluding hydrogens is 278 g/mol. The lowest BCUT2D eigenvalue weighted by Crippen LogP contribution is -2.28. The van der Waals surface area contributed by atoms with Gasteiger partial charge in [0.15, 0.2) is 0 Å². The van der Waals surface area contributed by atoms with Gasteiger partial charge in [-0.3, -0.25) is 5.41 Å². The molecule has 1 atom stereocenters. The maximum absolute atomic E-state index is 7.98. The third kappa shape index (κ3) is 3.94. The Hall–Kier alpha value is -1.16. The minimum Gasteiger partial charge on any atom is -0.384 e. The zero-order valence-corrected chi connectivity index (χ0v) is 14.0. The van der Waals surface area contributed by atoms with E-state index in [0.717, 1.165) is 40.9 Å². The minimum atomic E-state index is 0.192. The van der Waals surface area contributed by atoms with Crippen molar-refractivity contribution in [2.45, 2.75) is 44.4 Å². The molecule has 0 aliphatic carbocycles. The number of hydrogen-bond donors (Lipinski definition) is 2. The second-order valence-corrected chi connectivity index (χ2v) is 7.00. The number of nitrogens with two attached hydrogens (primary N) is 1. The van der Waals surface area contributed by atoms with Gasteiger partial charge in [-0.15, -0.1) is 11.8 Å². The molecule has 0 saturated carbocycles. The summed E-state index contributed by atoms with van der Waals surface area (Å²) in [6.45, 7) is 6.59. The number of anilines is 1. The fraction of sp³-hybridized carbons (Fsp3) is 0.588. The van der Waals surface area contributed by atoms with Crippen LogP contribution in [0.3, 0.4) is 0 Å². The largest absolute Gasteiger partial charge is 0.384 e. The third-order valence-electron chi connectivity index (χ3n) is 4.34. The zero-order valence-electron chi connectivity index (χ0n) is 13.2. The Bertz CT molecular complexity index is 487. The number of thioether (sulfide) groups is 1. The molecule has 1 fully saturated rings. The summed E-state index contributed by atoms with van der Waals surface area (Å²) in [5.41, 5.74) is 7.97. The SMILES string of the molecule is CCSc1cccc(N2CCCC(CC)CC2)c1C(=N)N. The topological polar surface area (TPSA) is 53.1 Å². The maximum atomic E-state index is 7.98. The van der Waals surface area contributed by atoms with Gasteiger partial charge in [0.1, 0.15) is 5.84 Å². The normalized spacial score (nSPS) is 19.3. The molecule has 0 amide bonds. The summed E-state index contributed by atoms with van der Waals surface area (Å²) < 4.78 is 0. The molecule has 116 valence electrons. The molecule has 0 radical (unpaired) electrons. The Kier molecular flexibility index (Phi) is 5.97. The molecule has 1 aliphatic heterocycles. The molecule has 0 bridgehead atoms. The molecule has 2 rings (SSSR count). The summed E-state index contributed by atoms with van der Waals surface area (Å²) in [5.74, 6) is 2.04. The van der Waals surface area contributed by atoms with Gasteiger partial charge >= 0.3 is 0 Å². The smallest absolute Gasteiger partial charge is 0.126 e. The Morgan fingerprint density at radius 3 is 2.81 bits per heavy atom. The van der Waals surface area contributed by atoms with Crippen LogP contribution < -0.4 is 10.6 Å². The highest BCUT2D eigenvalue weighted by atomic mass is 32.2. The second-order valence-electron chi connectivity index (χ2n) is 5.69. The van der Waals surface area contributed by atoms with Gasteiger partial charge in [0.25, 0.3) is 0 Å². The highest BCUT2D eigenvalue weighted by molar-refractivity contribution is 7.99. The van der Waals surface area contributed by atoms with Gasteiger partial charge < -0.3 is 10.6 Å². The first-order valence-corrected chi connectivity index (χ1v) is 9.01. The van der Waals surface area contributed by atoms with Crippen molar-refractivity contribution < 1.29 is 0 Å². The number of hydrogen-bond acceptors (Lipinski definition) is 3. The molecule has 1 aliphatic rings. The van der Waals surface area contributed by atoms with Gasteiger partial charge in [-0.2, -0.15) is 0 Å². The van der Waals surface area contributed by atoms with Gasteiger partial charge in [-0.25, -0.2) is 0 Å². The number of nitrogen functional groups attached to an aromatic ring is 1. The van der Waals surface area contributed by atoms with Crippen molar-refractivity contribution in [2.24, 2.45) is 11.7 Å². The van der Waals surface area contributed by atoms with Crippen LogP contribution in [0.25, 0.3) is 0 Å². The van der Waals surface area contributed by atoms with Crippen molar-refractivity contribution in [2.75, 3.05) is 23.7 Å². The maximum Gasteiger partial charge on any atom is 0.126 e. The first kappa shape index (κ1) is 16.2. The van der Waals surface area contributed by atoms with E-state index in [-0.39, 0.29) is 5.84 Å². The summed E-state index contributed by atoms with van der Waals surface area (Å²) in [6.07, 6.45) is 5.09. The molecule has 3 N–H and O–H groups in total. The lowest BCUT2D eigenvalue weighted by Gasteiger charge is -2.26. The number of nitrogens with one attached hydrogen (secondary N) is 1. The van der Waals surface area contributed by atoms with Gasteiger partial charge in [-0.1, -0.05) is 26.3 Å². The van der Waals surface area contributed by atoms with Crippen LogP contribution in [-0.4, -0.2) is 24.7 Å². The molecule has 21 heavy (non-hydrogen) atoms. The number of rotatable bonds is 5. The van der Waals surface area contributed by atoms with E-state index in [9.17, 15) is 0 Å². The summed E-state index contributed by atoms with van der Waals surface area (Å²) in [5, 5.41) is 7.98. The fourth-order valence-electron chi connectivity index (χ4n) is 3.14. The van der Waals surface area contributed by atoms with Crippen LogP contribution in [0.5, 0.6) is 0 Å². The Balaban J connectivity index is 2.29. The number of benzene rings is 1. The standard InChI is InChI=1S/C17H27N3S/c1-3-13-7-6-11-20(12-10-13)14-8-5-9-15(21-4-2)16(14)17(18)19/h5,8-9,13H,3-4,6-7,10-12H2,1-2H3,(H3,18,19). The molecule has 1 heterocycles. The molecule has 0 spiro atoms. The molecule has 1 saturated heterocycles. The van der Waals surface area contributed by atoms with Crippen molar-refractivity contribution in [3.8, 4) is 0 Å². The number of amidine groups is 1. The predicted molar refractivity (Wildman–Crippen MR) is 93.7 cm³/mol. The molecule has 4 heteroatoms. The van der Waals surface area contributed by atoms with E-state index in [1.165, 1.54) is 25.7 Å². The van der Waals surface area contributed by atoms with E-state index in [1.54, 1.807) is 11.8 Å². The van der Waals surface area contributed by atoms with Crippen LogP contribution in [0.15, 0.2) is 23.1 Å². The van der Waals surface area contributed by atoms with E-state index in [0.29, 0.717) is 0 Å². The highest BCUT2D eigenvalue weighted by Gasteiger charge is 2.20. The minimum absolute atomic E-state index is 0.192. The van der Waals surface area contributed by atoms with E-state index < -0.39 is 0 Å². The number of nitrogens with zero attached hydrogens (tertiary/aromatic N) is 1. The van der Waals surface area contributed by atoms with Crippen LogP contribution in [-0.2, 0) is 0 Å². The quantitative estimate of drug-likeness (QED) is 0.489. The summed E-state index contributed by atoms with van der Waals surface area (Å²) in [4.78, 5) is 3.57. The van der Waals surface area contributed by atoms with E-state index in [2.05, 4.69) is 36.9 Å². The lowest BCUT2D eigenvalue weighted by atomic mass is 9.98. The van der Waals surface area contributed by atoms with Crippen LogP contribution in [0.2, 0.25) is 0 Å². The highest BCUT2D eigenvalue weighted by Crippen LogP contribution is 2.32. The van der Waals surface area contributed by atoms with Gasteiger partial charge in [0.05, 0.1) is 5.56 Å². The Labute approximate surface area is 132 Å². The van der Waals surface area contributed by atoms with E-state index in [1.807, 2.05) is 0 Å². The van der Waals surface area contributed by atoms with Gasteiger partial charge in [0.2, 0.25) is 0 Å². The van der Waals surface area contributed by atoms with Gasteiger partial charge in [-0.05, 0) is 43.1 Å². The fourth-order valence-corrected chi connectivity index (χ4v) is 3.99. The summed E-state index contributed by atoms with van der Waals surface area (Å²) in [7, 11) is 0. The van der Waals surface area contributed by atoms with Crippen LogP contribution in [0.4, 0.5) is 5.69 Å². The predicted octanol–water partition coefficient (Wildman–Crippen LogP) is 4.10. The van der Waals surface area contributed by atoms with Crippen molar-refractivity contribution in [1.29, 1.82) is 5.41 Å². The van der Waals surface area contributed by atoms with Crippen molar-refractivity contribution in [3.05, 3.63) is 23.8 Å². The van der Waals surface area contributed by atoms with Crippen LogP contribution in [0.1, 0.15) is 45.1 Å². The first-order chi connectivity index (χ1) is 10.2. The van der Waals surface area contributed by atoms with Gasteiger partial charge in [0, 0.05) is 23.7 Å². The van der Waals surface area contributed by atoms with E-state index >= 15 is 0 Å². The van der Waals surface area contributed by atoms with Crippen molar-refractivity contribution in [1.82, 2.24) is 0 Å². The monoisotopic (exact) mass is 305 g/mol. The zero-order chi connectivity index (χ0) is 15.2. The molecule has 1 unspecified atom stereocenters. The van der Waals surface area contributed by atoms with E-state index in [4.69, 9.17) is 11.1 Å². The molecular formula is C17H27N3S. The summed E-state index contributed by atoms with van der Waals surface area (Å²) >= 11 is 1.77.